The van der Waals surface area contributed by atoms with Crippen molar-refractivity contribution >= 4 is 6.03 Å². The summed E-state index contributed by atoms with van der Waals surface area (Å²) in [5.74, 6) is 0.832. The van der Waals surface area contributed by atoms with E-state index in [9.17, 15) is 9.59 Å². The van der Waals surface area contributed by atoms with Gasteiger partial charge >= 0.3 is 6.03 Å². The molecule has 2 amide bonds. The maximum atomic E-state index is 11.9. The van der Waals surface area contributed by atoms with Crippen LogP contribution in [-0.2, 0) is 6.54 Å². The van der Waals surface area contributed by atoms with Crippen molar-refractivity contribution in [2.75, 3.05) is 13.2 Å². The Kier molecular flexibility index (Phi) is 6.62. The fourth-order valence-electron chi connectivity index (χ4n) is 2.50. The molecule has 0 radical (unpaired) electrons. The van der Waals surface area contributed by atoms with Gasteiger partial charge in [0.1, 0.15) is 5.75 Å². The van der Waals surface area contributed by atoms with Crippen LogP contribution in [-0.4, -0.2) is 24.2 Å². The quantitative estimate of drug-likeness (QED) is 0.676. The molecule has 1 aromatic heterocycles. The standard InChI is InChI=1S/C19H25N3O3/c1-13-6-4-7-16(10-13)25-9-5-8-20-19(24)21-12-17-14(2)11-15(3)22-18(17)23/h4,6-7,10-11H,5,8-9,12H2,1-3H3,(H,22,23)(H2,20,21,24). The molecule has 6 nitrogen and oxygen atoms in total. The van der Waals surface area contributed by atoms with Crippen LogP contribution in [0.15, 0.2) is 35.1 Å². The van der Waals surface area contributed by atoms with E-state index < -0.39 is 0 Å². The molecule has 0 bridgehead atoms. The number of aromatic amines is 1. The third kappa shape index (κ3) is 5.99. The van der Waals surface area contributed by atoms with Crippen LogP contribution >= 0.6 is 0 Å². The Balaban J connectivity index is 1.67. The second kappa shape index (κ2) is 8.92. The molecule has 0 saturated heterocycles. The second-order valence-electron chi connectivity index (χ2n) is 6.07. The SMILES string of the molecule is Cc1cccc(OCCCNC(=O)NCc2c(C)cc(C)[nH]c2=O)c1. The van der Waals surface area contributed by atoms with Gasteiger partial charge in [-0.2, -0.15) is 0 Å². The highest BCUT2D eigenvalue weighted by Crippen LogP contribution is 2.12. The highest BCUT2D eigenvalue weighted by molar-refractivity contribution is 5.73. The number of H-pyrrole nitrogens is 1. The molecule has 0 aliphatic carbocycles. The largest absolute Gasteiger partial charge is 0.494 e. The molecule has 134 valence electrons. The van der Waals surface area contributed by atoms with E-state index in [-0.39, 0.29) is 18.1 Å². The zero-order chi connectivity index (χ0) is 18.2. The summed E-state index contributed by atoms with van der Waals surface area (Å²) in [5, 5.41) is 5.46. The summed E-state index contributed by atoms with van der Waals surface area (Å²) in [4.78, 5) is 26.4. The van der Waals surface area contributed by atoms with Crippen LogP contribution < -0.4 is 20.9 Å². The summed E-state index contributed by atoms with van der Waals surface area (Å²) in [6, 6.07) is 9.44. The number of aromatic nitrogens is 1. The normalized spacial score (nSPS) is 10.4. The average Bonchev–Trinajstić information content (AvgIpc) is 2.53. The number of hydrogen-bond donors (Lipinski definition) is 3. The Morgan fingerprint density at radius 3 is 2.68 bits per heavy atom. The van der Waals surface area contributed by atoms with Crippen LogP contribution in [0.5, 0.6) is 5.75 Å². The molecule has 2 aromatic rings. The smallest absolute Gasteiger partial charge is 0.315 e. The van der Waals surface area contributed by atoms with E-state index in [0.717, 1.165) is 22.6 Å². The number of benzene rings is 1. The van der Waals surface area contributed by atoms with Gasteiger partial charge in [0.25, 0.3) is 5.56 Å². The molecule has 0 aliphatic rings. The van der Waals surface area contributed by atoms with Crippen LogP contribution in [0.1, 0.15) is 28.8 Å². The highest BCUT2D eigenvalue weighted by Gasteiger charge is 2.07. The molecule has 6 heteroatoms. The van der Waals surface area contributed by atoms with E-state index in [4.69, 9.17) is 4.74 Å². The first-order chi connectivity index (χ1) is 12.0. The van der Waals surface area contributed by atoms with Crippen molar-refractivity contribution in [1.29, 1.82) is 0 Å². The van der Waals surface area contributed by atoms with Crippen LogP contribution in [0.2, 0.25) is 0 Å². The Morgan fingerprint density at radius 2 is 1.96 bits per heavy atom. The molecule has 2 rings (SSSR count). The molecule has 0 atom stereocenters. The van der Waals surface area contributed by atoms with E-state index in [2.05, 4.69) is 15.6 Å². The van der Waals surface area contributed by atoms with Crippen LogP contribution in [0.25, 0.3) is 0 Å². The van der Waals surface area contributed by atoms with Crippen molar-refractivity contribution in [2.24, 2.45) is 0 Å². The fourth-order valence-corrected chi connectivity index (χ4v) is 2.50. The minimum absolute atomic E-state index is 0.163. The van der Waals surface area contributed by atoms with Gasteiger partial charge in [-0.15, -0.1) is 0 Å². The molecule has 1 heterocycles. The molecule has 0 spiro atoms. The van der Waals surface area contributed by atoms with Gasteiger partial charge in [0.15, 0.2) is 0 Å². The van der Waals surface area contributed by atoms with Gasteiger partial charge in [-0.25, -0.2) is 4.79 Å². The number of aryl methyl sites for hydroxylation is 3. The summed E-state index contributed by atoms with van der Waals surface area (Å²) >= 11 is 0. The Bertz CT molecular complexity index is 784. The first kappa shape index (κ1) is 18.6. The summed E-state index contributed by atoms with van der Waals surface area (Å²) in [5.41, 5.74) is 3.24. The number of pyridine rings is 1. The minimum Gasteiger partial charge on any atom is -0.494 e. The number of rotatable bonds is 7. The van der Waals surface area contributed by atoms with Crippen molar-refractivity contribution in [3.63, 3.8) is 0 Å². The zero-order valence-electron chi connectivity index (χ0n) is 14.9. The van der Waals surface area contributed by atoms with E-state index in [0.29, 0.717) is 25.1 Å². The van der Waals surface area contributed by atoms with E-state index in [1.54, 1.807) is 0 Å². The van der Waals surface area contributed by atoms with Crippen LogP contribution in [0.4, 0.5) is 4.79 Å². The average molecular weight is 343 g/mol. The molecule has 25 heavy (non-hydrogen) atoms. The lowest BCUT2D eigenvalue weighted by Gasteiger charge is -2.10. The van der Waals surface area contributed by atoms with Gasteiger partial charge in [0.2, 0.25) is 0 Å². The fraction of sp³-hybridized carbons (Fsp3) is 0.368. The number of carbonyl (C=O) groups excluding carboxylic acids is 1. The number of nitrogens with one attached hydrogen (secondary N) is 3. The number of amides is 2. The molecular formula is C19H25N3O3. The Morgan fingerprint density at radius 1 is 1.16 bits per heavy atom. The molecule has 3 N–H and O–H groups in total. The summed E-state index contributed by atoms with van der Waals surface area (Å²) in [6.07, 6.45) is 0.700. The van der Waals surface area contributed by atoms with Gasteiger partial charge < -0.3 is 20.4 Å². The summed E-state index contributed by atoms with van der Waals surface area (Å²) in [6.45, 7) is 6.94. The Labute approximate surface area is 147 Å². The van der Waals surface area contributed by atoms with Crippen LogP contribution in [0, 0.1) is 20.8 Å². The lowest BCUT2D eigenvalue weighted by atomic mass is 10.1. The number of carbonyl (C=O) groups is 1. The van der Waals surface area contributed by atoms with Gasteiger partial charge in [-0.1, -0.05) is 12.1 Å². The molecule has 0 unspecified atom stereocenters. The van der Waals surface area contributed by atoms with Crippen molar-refractivity contribution in [2.45, 2.75) is 33.7 Å². The molecule has 0 aliphatic heterocycles. The Hall–Kier alpha value is -2.76. The molecular weight excluding hydrogens is 318 g/mol. The predicted octanol–water partition coefficient (Wildman–Crippen LogP) is 2.57. The van der Waals surface area contributed by atoms with Crippen molar-refractivity contribution < 1.29 is 9.53 Å². The van der Waals surface area contributed by atoms with Crippen molar-refractivity contribution in [3.05, 3.63) is 63.1 Å². The number of urea groups is 1. The van der Waals surface area contributed by atoms with Crippen LogP contribution in [0.3, 0.4) is 0 Å². The topological polar surface area (TPSA) is 83.2 Å². The maximum Gasteiger partial charge on any atom is 0.315 e. The summed E-state index contributed by atoms with van der Waals surface area (Å²) < 4.78 is 5.62. The zero-order valence-corrected chi connectivity index (χ0v) is 14.9. The third-order valence-electron chi connectivity index (χ3n) is 3.78. The highest BCUT2D eigenvalue weighted by atomic mass is 16.5. The number of ether oxygens (including phenoxy) is 1. The summed E-state index contributed by atoms with van der Waals surface area (Å²) in [7, 11) is 0. The van der Waals surface area contributed by atoms with E-state index >= 15 is 0 Å². The van der Waals surface area contributed by atoms with Gasteiger partial charge in [0.05, 0.1) is 13.2 Å². The van der Waals surface area contributed by atoms with Gasteiger partial charge in [-0.3, -0.25) is 4.79 Å². The van der Waals surface area contributed by atoms with Crippen molar-refractivity contribution in [3.8, 4) is 5.75 Å². The predicted molar refractivity (Wildman–Crippen MR) is 98.1 cm³/mol. The third-order valence-corrected chi connectivity index (χ3v) is 3.78. The maximum absolute atomic E-state index is 11.9. The van der Waals surface area contributed by atoms with Gasteiger partial charge in [-0.05, 0) is 56.5 Å². The lowest BCUT2D eigenvalue weighted by Crippen LogP contribution is -2.37. The number of hydrogen-bond acceptors (Lipinski definition) is 3. The first-order valence-corrected chi connectivity index (χ1v) is 8.36. The molecule has 0 fully saturated rings. The second-order valence-corrected chi connectivity index (χ2v) is 6.07. The monoisotopic (exact) mass is 343 g/mol. The first-order valence-electron chi connectivity index (χ1n) is 8.36. The minimum atomic E-state index is -0.296. The lowest BCUT2D eigenvalue weighted by molar-refractivity contribution is 0.238. The van der Waals surface area contributed by atoms with E-state index in [1.165, 1.54) is 0 Å². The van der Waals surface area contributed by atoms with E-state index in [1.807, 2.05) is 51.1 Å². The van der Waals surface area contributed by atoms with Gasteiger partial charge in [0, 0.05) is 17.8 Å². The molecule has 1 aromatic carbocycles. The van der Waals surface area contributed by atoms with Crippen molar-refractivity contribution in [1.82, 2.24) is 15.6 Å². The molecule has 0 saturated carbocycles.